The van der Waals surface area contributed by atoms with Crippen LogP contribution in [0.1, 0.15) is 17.0 Å². The van der Waals surface area contributed by atoms with Gasteiger partial charge in [0.25, 0.3) is 5.88 Å². The van der Waals surface area contributed by atoms with Gasteiger partial charge in [-0.2, -0.15) is 4.98 Å². The van der Waals surface area contributed by atoms with Crippen LogP contribution in [0.4, 0.5) is 11.5 Å². The van der Waals surface area contributed by atoms with Crippen molar-refractivity contribution in [3.63, 3.8) is 0 Å². The predicted octanol–water partition coefficient (Wildman–Crippen LogP) is 6.23. The van der Waals surface area contributed by atoms with Gasteiger partial charge in [-0.15, -0.1) is 10.2 Å². The van der Waals surface area contributed by atoms with E-state index in [9.17, 15) is 5.11 Å². The van der Waals surface area contributed by atoms with E-state index in [0.717, 1.165) is 11.1 Å². The second-order valence-corrected chi connectivity index (χ2v) is 6.57. The Hall–Kier alpha value is -2.37. The highest BCUT2D eigenvalue weighted by Crippen LogP contribution is 2.36. The van der Waals surface area contributed by atoms with Crippen molar-refractivity contribution in [3.05, 3.63) is 63.4 Å². The SMILES string of the molecule is Cc1ccc(N=Nc2c(O)nc(C)n2-c2cc(Cl)ccc2Cl)c(C)c1. The van der Waals surface area contributed by atoms with Gasteiger partial charge >= 0.3 is 0 Å². The van der Waals surface area contributed by atoms with E-state index in [2.05, 4.69) is 15.2 Å². The quantitative estimate of drug-likeness (QED) is 0.552. The number of imidazole rings is 1. The molecule has 0 saturated heterocycles. The number of aromatic hydroxyl groups is 1. The molecular formula is C18H16Cl2N4O. The first-order chi connectivity index (χ1) is 11.9. The normalized spacial score (nSPS) is 11.4. The highest BCUT2D eigenvalue weighted by Gasteiger charge is 2.18. The van der Waals surface area contributed by atoms with Crippen LogP contribution >= 0.6 is 23.2 Å². The van der Waals surface area contributed by atoms with Crippen molar-refractivity contribution < 1.29 is 5.11 Å². The maximum atomic E-state index is 10.2. The summed E-state index contributed by atoms with van der Waals surface area (Å²) in [6, 6.07) is 10.9. The Labute approximate surface area is 155 Å². The van der Waals surface area contributed by atoms with Crippen molar-refractivity contribution in [2.45, 2.75) is 20.8 Å². The van der Waals surface area contributed by atoms with Crippen molar-refractivity contribution in [1.29, 1.82) is 0 Å². The van der Waals surface area contributed by atoms with Crippen molar-refractivity contribution in [3.8, 4) is 11.6 Å². The van der Waals surface area contributed by atoms with E-state index in [1.54, 1.807) is 29.7 Å². The number of hydrogen-bond acceptors (Lipinski definition) is 4. The fourth-order valence-electron chi connectivity index (χ4n) is 2.56. The number of aryl methyl sites for hydroxylation is 3. The van der Waals surface area contributed by atoms with Crippen LogP contribution < -0.4 is 0 Å². The maximum absolute atomic E-state index is 10.2. The molecule has 0 aliphatic heterocycles. The summed E-state index contributed by atoms with van der Waals surface area (Å²) in [5, 5.41) is 19.6. The first-order valence-corrected chi connectivity index (χ1v) is 8.35. The molecule has 1 aromatic heterocycles. The van der Waals surface area contributed by atoms with Gasteiger partial charge in [-0.05, 0) is 50.6 Å². The molecule has 2 aromatic carbocycles. The minimum Gasteiger partial charge on any atom is -0.491 e. The zero-order valence-corrected chi connectivity index (χ0v) is 15.5. The number of halogens is 2. The highest BCUT2D eigenvalue weighted by atomic mass is 35.5. The molecule has 0 spiro atoms. The number of benzene rings is 2. The monoisotopic (exact) mass is 374 g/mol. The standard InChI is InChI=1S/C18H16Cl2N4O/c1-10-4-7-15(11(2)8-10)22-23-17-18(25)21-12(3)24(17)16-9-13(19)5-6-14(16)20/h4-9,25H,1-3H3. The van der Waals surface area contributed by atoms with Gasteiger partial charge in [0.05, 0.1) is 16.4 Å². The number of azo groups is 1. The summed E-state index contributed by atoms with van der Waals surface area (Å²) in [4.78, 5) is 4.07. The Morgan fingerprint density at radius 1 is 1.00 bits per heavy atom. The van der Waals surface area contributed by atoms with Crippen LogP contribution in [0.5, 0.6) is 5.88 Å². The van der Waals surface area contributed by atoms with E-state index in [1.807, 2.05) is 32.0 Å². The van der Waals surface area contributed by atoms with Crippen LogP contribution in [0.15, 0.2) is 46.6 Å². The Balaban J connectivity index is 2.11. The van der Waals surface area contributed by atoms with Crippen molar-refractivity contribution >= 4 is 34.7 Å². The molecule has 0 bridgehead atoms. The summed E-state index contributed by atoms with van der Waals surface area (Å²) >= 11 is 12.4. The maximum Gasteiger partial charge on any atom is 0.259 e. The van der Waals surface area contributed by atoms with Crippen molar-refractivity contribution in [2.75, 3.05) is 0 Å². The average molecular weight is 375 g/mol. The van der Waals surface area contributed by atoms with Crippen molar-refractivity contribution in [1.82, 2.24) is 9.55 Å². The molecule has 25 heavy (non-hydrogen) atoms. The highest BCUT2D eigenvalue weighted by molar-refractivity contribution is 6.34. The lowest BCUT2D eigenvalue weighted by Crippen LogP contribution is -1.97. The molecule has 5 nitrogen and oxygen atoms in total. The largest absolute Gasteiger partial charge is 0.491 e. The molecule has 7 heteroatoms. The van der Waals surface area contributed by atoms with Crippen LogP contribution in [0.2, 0.25) is 10.0 Å². The molecule has 1 heterocycles. The Morgan fingerprint density at radius 3 is 2.48 bits per heavy atom. The van der Waals surface area contributed by atoms with Gasteiger partial charge in [-0.1, -0.05) is 40.9 Å². The zero-order valence-electron chi connectivity index (χ0n) is 14.0. The molecule has 0 unspecified atom stereocenters. The van der Waals surface area contributed by atoms with Crippen LogP contribution in [0, 0.1) is 20.8 Å². The average Bonchev–Trinajstić information content (AvgIpc) is 2.82. The van der Waals surface area contributed by atoms with Gasteiger partial charge in [0.2, 0.25) is 5.82 Å². The third-order valence-corrected chi connectivity index (χ3v) is 4.31. The number of rotatable bonds is 3. The molecule has 128 valence electrons. The summed E-state index contributed by atoms with van der Waals surface area (Å²) in [5.74, 6) is 0.500. The van der Waals surface area contributed by atoms with E-state index in [0.29, 0.717) is 27.2 Å². The molecule has 3 aromatic rings. The molecule has 0 aliphatic rings. The van der Waals surface area contributed by atoms with E-state index >= 15 is 0 Å². The molecule has 0 amide bonds. The molecule has 0 aliphatic carbocycles. The van der Waals surface area contributed by atoms with Crippen molar-refractivity contribution in [2.24, 2.45) is 10.2 Å². The third-order valence-electron chi connectivity index (χ3n) is 3.76. The fourth-order valence-corrected chi connectivity index (χ4v) is 2.93. The lowest BCUT2D eigenvalue weighted by Gasteiger charge is -2.09. The number of aromatic nitrogens is 2. The van der Waals surface area contributed by atoms with Gasteiger partial charge in [-0.25, -0.2) is 0 Å². The van der Waals surface area contributed by atoms with Crippen LogP contribution in [-0.2, 0) is 0 Å². The molecule has 1 N–H and O–H groups in total. The summed E-state index contributed by atoms with van der Waals surface area (Å²) in [6.07, 6.45) is 0. The first kappa shape index (κ1) is 17.5. The summed E-state index contributed by atoms with van der Waals surface area (Å²) < 4.78 is 1.62. The smallest absolute Gasteiger partial charge is 0.259 e. The minimum atomic E-state index is -0.220. The number of hydrogen-bond donors (Lipinski definition) is 1. The lowest BCUT2D eigenvalue weighted by molar-refractivity contribution is 0.457. The molecule has 0 fully saturated rings. The molecule has 0 radical (unpaired) electrons. The van der Waals surface area contributed by atoms with Crippen LogP contribution in [0.25, 0.3) is 5.69 Å². The summed E-state index contributed by atoms with van der Waals surface area (Å²) in [5.41, 5.74) is 3.43. The van der Waals surface area contributed by atoms with Crippen LogP contribution in [-0.4, -0.2) is 14.7 Å². The van der Waals surface area contributed by atoms with Gasteiger partial charge in [0.1, 0.15) is 5.82 Å². The zero-order chi connectivity index (χ0) is 18.1. The van der Waals surface area contributed by atoms with Gasteiger partial charge < -0.3 is 5.11 Å². The molecule has 3 rings (SSSR count). The molecule has 0 atom stereocenters. The second-order valence-electron chi connectivity index (χ2n) is 5.73. The number of nitrogens with zero attached hydrogens (tertiary/aromatic N) is 4. The van der Waals surface area contributed by atoms with E-state index < -0.39 is 0 Å². The van der Waals surface area contributed by atoms with Crippen LogP contribution in [0.3, 0.4) is 0 Å². The van der Waals surface area contributed by atoms with Gasteiger partial charge in [0, 0.05) is 5.02 Å². The summed E-state index contributed by atoms with van der Waals surface area (Å²) in [6.45, 7) is 5.71. The second kappa shape index (κ2) is 6.86. The van der Waals surface area contributed by atoms with E-state index in [1.165, 1.54) is 0 Å². The topological polar surface area (TPSA) is 62.8 Å². The summed E-state index contributed by atoms with van der Waals surface area (Å²) in [7, 11) is 0. The van der Waals surface area contributed by atoms with Gasteiger partial charge in [0.15, 0.2) is 0 Å². The molecular weight excluding hydrogens is 359 g/mol. The van der Waals surface area contributed by atoms with Gasteiger partial charge in [-0.3, -0.25) is 4.57 Å². The van der Waals surface area contributed by atoms with E-state index in [-0.39, 0.29) is 11.7 Å². The molecule has 0 saturated carbocycles. The van der Waals surface area contributed by atoms with E-state index in [4.69, 9.17) is 23.2 Å². The Kier molecular flexibility index (Phi) is 4.79. The minimum absolute atomic E-state index is 0.196. The Bertz CT molecular complexity index is 979. The third kappa shape index (κ3) is 3.52. The lowest BCUT2D eigenvalue weighted by atomic mass is 10.1. The Morgan fingerprint density at radius 2 is 1.76 bits per heavy atom. The fraction of sp³-hybridized carbons (Fsp3) is 0.167. The predicted molar refractivity (Wildman–Crippen MR) is 100 cm³/mol. The first-order valence-electron chi connectivity index (χ1n) is 7.59.